The summed E-state index contributed by atoms with van der Waals surface area (Å²) in [5.41, 5.74) is -0.734. The predicted molar refractivity (Wildman–Crippen MR) is 141 cm³/mol. The fraction of sp³-hybridized carbons (Fsp3) is 0.393. The summed E-state index contributed by atoms with van der Waals surface area (Å²) in [7, 11) is 1.64. The first-order valence-electron chi connectivity index (χ1n) is 12.8. The maximum Gasteiger partial charge on any atom is 0.435 e. The number of nitrogens with one attached hydrogen (secondary N) is 1. The fourth-order valence-electron chi connectivity index (χ4n) is 5.36. The molecule has 3 atom stereocenters. The molecule has 3 aromatic rings. The van der Waals surface area contributed by atoms with Gasteiger partial charge in [-0.15, -0.1) is 11.3 Å². The minimum Gasteiger partial charge on any atom is -0.380 e. The SMILES string of the molecule is CCn1cc(-c2c(F)cccc2[C@@H]2CN(C(=O)/C=C/[C@@H]3C[C@@H](OC)CN3)Cc3sc(C#N)cc32)c(C(F)(F)F)n1. The smallest absolute Gasteiger partial charge is 0.380 e. The average molecular weight is 574 g/mol. The first-order valence-corrected chi connectivity index (χ1v) is 13.6. The van der Waals surface area contributed by atoms with Gasteiger partial charge in [0, 0.05) is 67.0 Å². The summed E-state index contributed by atoms with van der Waals surface area (Å²) in [5.74, 6) is -1.75. The molecule has 0 aliphatic carbocycles. The third-order valence-electron chi connectivity index (χ3n) is 7.35. The minimum absolute atomic E-state index is 0.0253. The van der Waals surface area contributed by atoms with E-state index in [9.17, 15) is 23.2 Å². The second kappa shape index (κ2) is 11.2. The number of thiophene rings is 1. The number of aromatic nitrogens is 2. The molecule has 0 saturated carbocycles. The zero-order valence-corrected chi connectivity index (χ0v) is 22.7. The van der Waals surface area contributed by atoms with E-state index < -0.39 is 23.6 Å². The lowest BCUT2D eigenvalue weighted by atomic mass is 9.83. The van der Waals surface area contributed by atoms with E-state index in [-0.39, 0.29) is 48.8 Å². The molecule has 1 saturated heterocycles. The maximum atomic E-state index is 15.5. The van der Waals surface area contributed by atoms with Gasteiger partial charge < -0.3 is 15.0 Å². The number of halogens is 4. The van der Waals surface area contributed by atoms with Crippen molar-refractivity contribution in [3.05, 3.63) is 75.0 Å². The molecule has 7 nitrogen and oxygen atoms in total. The highest BCUT2D eigenvalue weighted by atomic mass is 32.1. The number of carbonyl (C=O) groups excluding carboxylic acids is 1. The molecule has 210 valence electrons. The molecular weight excluding hydrogens is 546 g/mol. The van der Waals surface area contributed by atoms with E-state index in [0.29, 0.717) is 22.5 Å². The van der Waals surface area contributed by atoms with E-state index in [2.05, 4.69) is 16.5 Å². The Bertz CT molecular complexity index is 1490. The molecule has 0 unspecified atom stereocenters. The second-order valence-electron chi connectivity index (χ2n) is 9.79. The number of fused-ring (bicyclic) bond motifs is 1. The van der Waals surface area contributed by atoms with Crippen LogP contribution in [0.1, 0.15) is 45.8 Å². The van der Waals surface area contributed by atoms with Gasteiger partial charge >= 0.3 is 6.18 Å². The summed E-state index contributed by atoms with van der Waals surface area (Å²) in [5, 5.41) is 16.5. The van der Waals surface area contributed by atoms with Gasteiger partial charge in [0.25, 0.3) is 0 Å². The zero-order chi connectivity index (χ0) is 28.6. The van der Waals surface area contributed by atoms with Crippen molar-refractivity contribution >= 4 is 17.2 Å². The number of rotatable bonds is 6. The Balaban J connectivity index is 1.56. The maximum absolute atomic E-state index is 15.5. The summed E-state index contributed by atoms with van der Waals surface area (Å²) in [4.78, 5) is 16.0. The lowest BCUT2D eigenvalue weighted by molar-refractivity contribution is -0.141. The molecule has 1 amide bonds. The quantitative estimate of drug-likeness (QED) is 0.329. The highest BCUT2D eigenvalue weighted by Gasteiger charge is 2.40. The number of aryl methyl sites for hydroxylation is 1. The largest absolute Gasteiger partial charge is 0.435 e. The molecule has 40 heavy (non-hydrogen) atoms. The highest BCUT2D eigenvalue weighted by molar-refractivity contribution is 7.12. The number of amides is 1. The number of hydrogen-bond donors (Lipinski definition) is 1. The molecule has 12 heteroatoms. The number of carbonyl (C=O) groups is 1. The van der Waals surface area contributed by atoms with Crippen molar-refractivity contribution in [1.29, 1.82) is 5.26 Å². The monoisotopic (exact) mass is 573 g/mol. The van der Waals surface area contributed by atoms with Crippen LogP contribution in [0.4, 0.5) is 17.6 Å². The van der Waals surface area contributed by atoms with Crippen molar-refractivity contribution in [2.45, 2.75) is 50.7 Å². The number of hydrogen-bond acceptors (Lipinski definition) is 6. The Hall–Kier alpha value is -3.53. The van der Waals surface area contributed by atoms with E-state index >= 15 is 4.39 Å². The lowest BCUT2D eigenvalue weighted by Crippen LogP contribution is -2.37. The first kappa shape index (κ1) is 28.0. The fourth-order valence-corrected chi connectivity index (χ4v) is 6.40. The van der Waals surface area contributed by atoms with Crippen molar-refractivity contribution in [3.8, 4) is 17.2 Å². The van der Waals surface area contributed by atoms with E-state index in [1.165, 1.54) is 29.7 Å². The molecule has 1 fully saturated rings. The normalized spacial score (nSPS) is 21.1. The topological polar surface area (TPSA) is 83.2 Å². The summed E-state index contributed by atoms with van der Waals surface area (Å²) >= 11 is 1.22. The van der Waals surface area contributed by atoms with E-state index in [0.717, 1.165) is 22.0 Å². The summed E-state index contributed by atoms with van der Waals surface area (Å²) in [6.07, 6.45) is 0.456. The van der Waals surface area contributed by atoms with Crippen molar-refractivity contribution in [1.82, 2.24) is 20.0 Å². The molecular formula is C28H27F4N5O2S. The van der Waals surface area contributed by atoms with Gasteiger partial charge in [0.15, 0.2) is 5.69 Å². The van der Waals surface area contributed by atoms with Crippen LogP contribution in [0.15, 0.2) is 42.6 Å². The molecule has 0 bridgehead atoms. The number of nitriles is 1. The van der Waals surface area contributed by atoms with Gasteiger partial charge in [-0.25, -0.2) is 4.39 Å². The zero-order valence-electron chi connectivity index (χ0n) is 21.8. The Labute approximate surface area is 232 Å². The molecule has 1 aromatic carbocycles. The van der Waals surface area contributed by atoms with Gasteiger partial charge in [0.05, 0.1) is 12.6 Å². The van der Waals surface area contributed by atoms with Crippen LogP contribution in [0.3, 0.4) is 0 Å². The van der Waals surface area contributed by atoms with Crippen molar-refractivity contribution < 1.29 is 27.1 Å². The lowest BCUT2D eigenvalue weighted by Gasteiger charge is -2.33. The van der Waals surface area contributed by atoms with Gasteiger partial charge in [-0.2, -0.15) is 23.5 Å². The van der Waals surface area contributed by atoms with Gasteiger partial charge in [-0.1, -0.05) is 18.2 Å². The van der Waals surface area contributed by atoms with E-state index in [1.54, 1.807) is 37.1 Å². The Morgan fingerprint density at radius 1 is 1.35 bits per heavy atom. The molecule has 4 heterocycles. The third kappa shape index (κ3) is 5.41. The van der Waals surface area contributed by atoms with Crippen LogP contribution >= 0.6 is 11.3 Å². The van der Waals surface area contributed by atoms with Crippen LogP contribution in [0.2, 0.25) is 0 Å². The molecule has 1 N–H and O–H groups in total. The number of benzene rings is 1. The predicted octanol–water partition coefficient (Wildman–Crippen LogP) is 5.07. The van der Waals surface area contributed by atoms with Crippen LogP contribution in [-0.4, -0.2) is 52.9 Å². The van der Waals surface area contributed by atoms with Crippen LogP contribution < -0.4 is 5.32 Å². The van der Waals surface area contributed by atoms with Crippen molar-refractivity contribution in [2.75, 3.05) is 20.2 Å². The highest BCUT2D eigenvalue weighted by Crippen LogP contribution is 2.45. The molecule has 0 radical (unpaired) electrons. The number of nitrogens with zero attached hydrogens (tertiary/aromatic N) is 4. The van der Waals surface area contributed by atoms with Gasteiger partial charge in [0.2, 0.25) is 5.91 Å². The summed E-state index contributed by atoms with van der Waals surface area (Å²) in [6.45, 7) is 2.85. The molecule has 2 aromatic heterocycles. The molecule has 5 rings (SSSR count). The van der Waals surface area contributed by atoms with Gasteiger partial charge in [0.1, 0.15) is 16.8 Å². The Kier molecular flexibility index (Phi) is 7.81. The van der Waals surface area contributed by atoms with Crippen molar-refractivity contribution in [3.63, 3.8) is 0 Å². The van der Waals surface area contributed by atoms with Crippen LogP contribution in [0.5, 0.6) is 0 Å². The number of methoxy groups -OCH3 is 1. The van der Waals surface area contributed by atoms with E-state index in [1.807, 2.05) is 0 Å². The molecule has 2 aliphatic rings. The summed E-state index contributed by atoms with van der Waals surface area (Å²) in [6, 6.07) is 7.92. The van der Waals surface area contributed by atoms with E-state index in [4.69, 9.17) is 4.74 Å². The Morgan fingerprint density at radius 3 is 2.83 bits per heavy atom. The minimum atomic E-state index is -4.80. The van der Waals surface area contributed by atoms with Gasteiger partial charge in [-0.3, -0.25) is 9.48 Å². The summed E-state index contributed by atoms with van der Waals surface area (Å²) < 4.78 is 63.9. The Morgan fingerprint density at radius 2 is 2.15 bits per heavy atom. The number of ether oxygens (including phenoxy) is 1. The molecule has 0 spiro atoms. The van der Waals surface area contributed by atoms with Crippen LogP contribution in [0.25, 0.3) is 11.1 Å². The van der Waals surface area contributed by atoms with Gasteiger partial charge in [-0.05, 0) is 36.6 Å². The second-order valence-corrected chi connectivity index (χ2v) is 10.9. The van der Waals surface area contributed by atoms with Crippen LogP contribution in [-0.2, 0) is 28.8 Å². The standard InChI is InChI=1S/C28H27F4N5O2S/c1-3-37-14-22(27(35-37)28(30,31)32)26-19(5-4-6-23(26)29)21-13-36(15-24-20(21)10-18(11-33)40-24)25(38)8-7-16-9-17(39-2)12-34-16/h4-8,10,14,16-17,21,34H,3,9,12-13,15H2,1-2H3/b8-7+/t16-,17-,21+/m1/s1. The number of alkyl halides is 3. The average Bonchev–Trinajstić information content (AvgIpc) is 3.68. The molecule has 2 aliphatic heterocycles. The van der Waals surface area contributed by atoms with Crippen LogP contribution in [0, 0.1) is 17.1 Å². The third-order valence-corrected chi connectivity index (χ3v) is 8.39. The first-order chi connectivity index (χ1) is 19.1. The van der Waals surface area contributed by atoms with Crippen molar-refractivity contribution in [2.24, 2.45) is 0 Å².